The number of aromatic nitrogens is 2. The lowest BCUT2D eigenvalue weighted by molar-refractivity contribution is 0.763. The number of hydrogen-bond acceptors (Lipinski definition) is 3. The minimum atomic E-state index is 0.541. The summed E-state index contributed by atoms with van der Waals surface area (Å²) >= 11 is 7.59. The number of benzene rings is 1. The molecule has 0 spiro atoms. The molecular weight excluding hydrogens is 290 g/mol. The first-order valence-corrected chi connectivity index (χ1v) is 7.71. The van der Waals surface area contributed by atoms with Crippen LogP contribution in [0, 0.1) is 11.3 Å². The summed E-state index contributed by atoms with van der Waals surface area (Å²) < 4.78 is 2.16. The number of aryl methyl sites for hydroxylation is 1. The fourth-order valence-corrected chi connectivity index (χ4v) is 3.11. The zero-order valence-electron chi connectivity index (χ0n) is 10.7. The largest absolute Gasteiger partial charge is 0.323 e. The van der Waals surface area contributed by atoms with Gasteiger partial charge in [0.15, 0.2) is 0 Å². The summed E-state index contributed by atoms with van der Waals surface area (Å²) in [5, 5.41) is 11.1. The quantitative estimate of drug-likeness (QED) is 0.688. The molecule has 0 bridgehead atoms. The molecule has 2 aromatic heterocycles. The van der Waals surface area contributed by atoms with E-state index in [-0.39, 0.29) is 0 Å². The molecule has 0 amide bonds. The van der Waals surface area contributed by atoms with Crippen molar-refractivity contribution in [3.05, 3.63) is 52.0 Å². The van der Waals surface area contributed by atoms with Crippen molar-refractivity contribution in [1.29, 1.82) is 5.26 Å². The number of thiophene rings is 1. The summed E-state index contributed by atoms with van der Waals surface area (Å²) in [7, 11) is 0. The maximum atomic E-state index is 9.06. The number of nitriles is 1. The van der Waals surface area contributed by atoms with Crippen molar-refractivity contribution >= 4 is 34.0 Å². The number of halogens is 1. The summed E-state index contributed by atoms with van der Waals surface area (Å²) in [6.45, 7) is 0.773. The number of alkyl halides is 1. The number of imidazole rings is 1. The van der Waals surface area contributed by atoms with Crippen molar-refractivity contribution in [3.8, 4) is 6.07 Å². The van der Waals surface area contributed by atoms with Gasteiger partial charge in [-0.2, -0.15) is 5.26 Å². The molecule has 0 atom stereocenters. The lowest BCUT2D eigenvalue weighted by atomic mass is 10.2. The van der Waals surface area contributed by atoms with E-state index in [4.69, 9.17) is 16.9 Å². The van der Waals surface area contributed by atoms with Gasteiger partial charge in [0.2, 0.25) is 0 Å². The van der Waals surface area contributed by atoms with Gasteiger partial charge in [-0.3, -0.25) is 0 Å². The van der Waals surface area contributed by atoms with E-state index in [1.54, 1.807) is 17.4 Å². The standard InChI is InChI=1S/C15H12ClN3S/c16-6-5-15-18-13-4-3-11(9-17)8-14(13)19(15)10-12-2-1-7-20-12/h1-4,7-8H,5-6,10H2. The van der Waals surface area contributed by atoms with E-state index in [1.807, 2.05) is 18.2 Å². The molecule has 100 valence electrons. The van der Waals surface area contributed by atoms with Crippen molar-refractivity contribution < 1.29 is 0 Å². The normalized spacial score (nSPS) is 10.8. The highest BCUT2D eigenvalue weighted by atomic mass is 35.5. The molecule has 0 N–H and O–H groups in total. The molecule has 0 aliphatic rings. The van der Waals surface area contributed by atoms with E-state index < -0.39 is 0 Å². The molecule has 5 heteroatoms. The summed E-state index contributed by atoms with van der Waals surface area (Å²) in [4.78, 5) is 5.90. The second kappa shape index (κ2) is 5.66. The topological polar surface area (TPSA) is 41.6 Å². The highest BCUT2D eigenvalue weighted by Gasteiger charge is 2.11. The first kappa shape index (κ1) is 13.2. The van der Waals surface area contributed by atoms with Gasteiger partial charge >= 0.3 is 0 Å². The Kier molecular flexibility index (Phi) is 3.72. The second-order valence-corrected chi connectivity index (χ2v) is 5.86. The molecule has 1 aromatic carbocycles. The summed E-state index contributed by atoms with van der Waals surface area (Å²) in [5.41, 5.74) is 2.57. The average molecular weight is 302 g/mol. The molecule has 0 unspecified atom stereocenters. The first-order valence-electron chi connectivity index (χ1n) is 6.29. The van der Waals surface area contributed by atoms with Crippen LogP contribution < -0.4 is 0 Å². The zero-order chi connectivity index (χ0) is 13.9. The minimum Gasteiger partial charge on any atom is -0.323 e. The van der Waals surface area contributed by atoms with Crippen LogP contribution in [0.2, 0.25) is 0 Å². The van der Waals surface area contributed by atoms with Gasteiger partial charge in [0.25, 0.3) is 0 Å². The number of nitrogens with zero attached hydrogens (tertiary/aromatic N) is 3. The van der Waals surface area contributed by atoms with E-state index in [2.05, 4.69) is 27.1 Å². The molecular formula is C15H12ClN3S. The lowest BCUT2D eigenvalue weighted by Crippen LogP contribution is -2.05. The van der Waals surface area contributed by atoms with Crippen LogP contribution >= 0.6 is 22.9 Å². The third kappa shape index (κ3) is 2.43. The van der Waals surface area contributed by atoms with Crippen molar-refractivity contribution in [3.63, 3.8) is 0 Å². The van der Waals surface area contributed by atoms with Crippen LogP contribution in [0.1, 0.15) is 16.3 Å². The van der Waals surface area contributed by atoms with Gasteiger partial charge in [0.05, 0.1) is 29.2 Å². The lowest BCUT2D eigenvalue weighted by Gasteiger charge is -2.07. The van der Waals surface area contributed by atoms with E-state index in [9.17, 15) is 0 Å². The van der Waals surface area contributed by atoms with Gasteiger partial charge in [-0.15, -0.1) is 22.9 Å². The number of fused-ring (bicyclic) bond motifs is 1. The van der Waals surface area contributed by atoms with Crippen LogP contribution in [0.25, 0.3) is 11.0 Å². The van der Waals surface area contributed by atoms with Crippen LogP contribution in [0.4, 0.5) is 0 Å². The molecule has 0 saturated carbocycles. The Balaban J connectivity index is 2.14. The van der Waals surface area contributed by atoms with Gasteiger partial charge in [-0.05, 0) is 29.6 Å². The number of hydrogen-bond donors (Lipinski definition) is 0. The maximum absolute atomic E-state index is 9.06. The van der Waals surface area contributed by atoms with E-state index in [1.165, 1.54) is 4.88 Å². The van der Waals surface area contributed by atoms with Crippen LogP contribution in [-0.4, -0.2) is 15.4 Å². The molecule has 0 radical (unpaired) electrons. The van der Waals surface area contributed by atoms with E-state index >= 15 is 0 Å². The fraction of sp³-hybridized carbons (Fsp3) is 0.200. The summed E-state index contributed by atoms with van der Waals surface area (Å²) in [6, 6.07) is 11.9. The Morgan fingerprint density at radius 3 is 2.95 bits per heavy atom. The highest BCUT2D eigenvalue weighted by molar-refractivity contribution is 7.09. The Bertz CT molecular complexity index is 768. The van der Waals surface area contributed by atoms with E-state index in [0.717, 1.165) is 29.8 Å². The predicted octanol–water partition coefficient (Wildman–Crippen LogP) is 3.80. The second-order valence-electron chi connectivity index (χ2n) is 4.45. The molecule has 20 heavy (non-hydrogen) atoms. The zero-order valence-corrected chi connectivity index (χ0v) is 12.3. The molecule has 0 aliphatic heterocycles. The molecule has 3 nitrogen and oxygen atoms in total. The Hall–Kier alpha value is -1.83. The Labute approximate surface area is 126 Å². The summed E-state index contributed by atoms with van der Waals surface area (Å²) in [6.07, 6.45) is 0.726. The molecule has 0 aliphatic carbocycles. The van der Waals surface area contributed by atoms with Crippen LogP contribution in [0.3, 0.4) is 0 Å². The molecule has 3 rings (SSSR count). The SMILES string of the molecule is N#Cc1ccc2nc(CCCl)n(Cc3cccs3)c2c1. The van der Waals surface area contributed by atoms with Crippen LogP contribution in [0.5, 0.6) is 0 Å². The molecule has 3 aromatic rings. The monoisotopic (exact) mass is 301 g/mol. The third-order valence-corrected chi connectivity index (χ3v) is 4.22. The van der Waals surface area contributed by atoms with Crippen LogP contribution in [0.15, 0.2) is 35.7 Å². The highest BCUT2D eigenvalue weighted by Crippen LogP contribution is 2.21. The minimum absolute atomic E-state index is 0.541. The van der Waals surface area contributed by atoms with Gasteiger partial charge in [-0.1, -0.05) is 6.07 Å². The Morgan fingerprint density at radius 1 is 1.35 bits per heavy atom. The number of rotatable bonds is 4. The summed E-state index contributed by atoms with van der Waals surface area (Å²) in [5.74, 6) is 1.51. The van der Waals surface area contributed by atoms with Gasteiger partial charge in [-0.25, -0.2) is 4.98 Å². The smallest absolute Gasteiger partial charge is 0.111 e. The van der Waals surface area contributed by atoms with Crippen molar-refractivity contribution in [2.24, 2.45) is 0 Å². The van der Waals surface area contributed by atoms with Gasteiger partial charge < -0.3 is 4.57 Å². The van der Waals surface area contributed by atoms with Crippen molar-refractivity contribution in [1.82, 2.24) is 9.55 Å². The van der Waals surface area contributed by atoms with Gasteiger partial charge in [0.1, 0.15) is 5.82 Å². The third-order valence-electron chi connectivity index (χ3n) is 3.17. The first-order chi connectivity index (χ1) is 9.81. The van der Waals surface area contributed by atoms with E-state index in [0.29, 0.717) is 11.4 Å². The molecule has 0 saturated heterocycles. The maximum Gasteiger partial charge on any atom is 0.111 e. The predicted molar refractivity (Wildman–Crippen MR) is 82.3 cm³/mol. The van der Waals surface area contributed by atoms with Crippen molar-refractivity contribution in [2.45, 2.75) is 13.0 Å². The van der Waals surface area contributed by atoms with Gasteiger partial charge in [0, 0.05) is 17.2 Å². The average Bonchev–Trinajstić information content (AvgIpc) is 3.08. The molecule has 2 heterocycles. The Morgan fingerprint density at radius 2 is 2.25 bits per heavy atom. The van der Waals surface area contributed by atoms with Crippen molar-refractivity contribution in [2.75, 3.05) is 5.88 Å². The van der Waals surface area contributed by atoms with Crippen LogP contribution in [-0.2, 0) is 13.0 Å². The molecule has 0 fully saturated rings. The fourth-order valence-electron chi connectivity index (χ4n) is 2.25.